The maximum Gasteiger partial charge on any atom is 0.332 e. The van der Waals surface area contributed by atoms with Crippen molar-refractivity contribution >= 4 is 17.9 Å². The Kier molecular flexibility index (Phi) is 8.69. The van der Waals surface area contributed by atoms with Crippen molar-refractivity contribution < 1.29 is 43.9 Å². The van der Waals surface area contributed by atoms with E-state index in [1.165, 1.54) is 20.8 Å². The summed E-state index contributed by atoms with van der Waals surface area (Å²) in [7, 11) is 0. The Morgan fingerprint density at radius 3 is 1.17 bits per heavy atom. The molecule has 23 heavy (non-hydrogen) atoms. The lowest BCUT2D eigenvalue weighted by atomic mass is 10.0. The molecule has 0 aromatic heterocycles. The van der Waals surface area contributed by atoms with Crippen LogP contribution in [0.15, 0.2) is 0 Å². The molecule has 3 unspecified atom stereocenters. The zero-order valence-corrected chi connectivity index (χ0v) is 13.2. The molecule has 5 N–H and O–H groups in total. The number of rotatable bonds is 12. The van der Waals surface area contributed by atoms with Crippen LogP contribution in [0.1, 0.15) is 20.8 Å². The summed E-state index contributed by atoms with van der Waals surface area (Å²) >= 11 is 0. The zero-order valence-electron chi connectivity index (χ0n) is 13.2. The van der Waals surface area contributed by atoms with Crippen LogP contribution in [0.3, 0.4) is 0 Å². The minimum Gasteiger partial charge on any atom is -0.479 e. The van der Waals surface area contributed by atoms with Crippen LogP contribution in [-0.2, 0) is 28.6 Å². The fraction of sp³-hybridized carbons (Fsp3) is 0.769. The minimum atomic E-state index is -1.41. The van der Waals surface area contributed by atoms with Gasteiger partial charge in [0.15, 0.2) is 18.3 Å². The topological polar surface area (TPSA) is 166 Å². The van der Waals surface area contributed by atoms with Crippen LogP contribution >= 0.6 is 0 Å². The molecule has 0 heterocycles. The van der Waals surface area contributed by atoms with E-state index in [-0.39, 0.29) is 19.8 Å². The van der Waals surface area contributed by atoms with Gasteiger partial charge in [-0.05, 0) is 20.8 Å². The molecule has 0 saturated heterocycles. The van der Waals surface area contributed by atoms with Gasteiger partial charge in [-0.2, -0.15) is 0 Å². The number of hydrogen-bond acceptors (Lipinski definition) is 7. The summed E-state index contributed by atoms with van der Waals surface area (Å²) in [4.78, 5) is 32.2. The van der Waals surface area contributed by atoms with Crippen LogP contribution in [0.4, 0.5) is 0 Å². The van der Waals surface area contributed by atoms with Crippen molar-refractivity contribution in [1.82, 2.24) is 0 Å². The average molecular weight is 337 g/mol. The molecule has 0 rings (SSSR count). The first kappa shape index (κ1) is 21.2. The van der Waals surface area contributed by atoms with Crippen molar-refractivity contribution in [2.24, 2.45) is 5.73 Å². The van der Waals surface area contributed by atoms with Crippen molar-refractivity contribution in [3.05, 3.63) is 0 Å². The molecule has 3 atom stereocenters. The number of carbonyl (C=O) groups is 3. The Hall–Kier alpha value is -1.75. The van der Waals surface area contributed by atoms with Crippen LogP contribution in [0.25, 0.3) is 0 Å². The summed E-state index contributed by atoms with van der Waals surface area (Å²) in [6.45, 7) is 2.93. The van der Waals surface area contributed by atoms with Crippen molar-refractivity contribution in [2.75, 3.05) is 19.8 Å². The lowest BCUT2D eigenvalue weighted by Crippen LogP contribution is -2.55. The third-order valence-electron chi connectivity index (χ3n) is 2.91. The first-order chi connectivity index (χ1) is 10.5. The van der Waals surface area contributed by atoms with Crippen LogP contribution < -0.4 is 5.73 Å². The molecule has 10 nitrogen and oxygen atoms in total. The molecule has 0 aromatic carbocycles. The molecular formula is C13H23NO9. The second kappa shape index (κ2) is 9.40. The molecular weight excluding hydrogens is 314 g/mol. The standard InChI is InChI=1S/C13H23NO9/c1-7(10(15)16)21-4-13(14,5-22-8(2)11(17)18)6-23-9(3)12(19)20/h7-9H,4-6,14H2,1-3H3,(H,15,16)(H,17,18)(H,19,20). The largest absolute Gasteiger partial charge is 0.479 e. The number of carboxylic acid groups (broad SMARTS) is 3. The smallest absolute Gasteiger partial charge is 0.332 e. The van der Waals surface area contributed by atoms with Gasteiger partial charge in [0.1, 0.15) is 0 Å². The average Bonchev–Trinajstić information content (AvgIpc) is 2.47. The molecule has 0 aliphatic heterocycles. The van der Waals surface area contributed by atoms with Crippen molar-refractivity contribution in [3.8, 4) is 0 Å². The lowest BCUT2D eigenvalue weighted by molar-refractivity contribution is -0.157. The number of carboxylic acids is 3. The summed E-state index contributed by atoms with van der Waals surface area (Å²) in [6, 6.07) is 0. The van der Waals surface area contributed by atoms with Crippen LogP contribution in [-0.4, -0.2) is 76.9 Å². The summed E-state index contributed by atoms with van der Waals surface area (Å²) < 4.78 is 15.2. The Balaban J connectivity index is 4.77. The van der Waals surface area contributed by atoms with Crippen LogP contribution in [0.2, 0.25) is 0 Å². The molecule has 0 fully saturated rings. The highest BCUT2D eigenvalue weighted by Gasteiger charge is 2.31. The molecule has 0 aromatic rings. The van der Waals surface area contributed by atoms with E-state index in [9.17, 15) is 14.4 Å². The minimum absolute atomic E-state index is 0.320. The van der Waals surface area contributed by atoms with E-state index >= 15 is 0 Å². The van der Waals surface area contributed by atoms with Gasteiger partial charge >= 0.3 is 17.9 Å². The highest BCUT2D eigenvalue weighted by molar-refractivity contribution is 5.72. The van der Waals surface area contributed by atoms with E-state index in [2.05, 4.69) is 0 Å². The van der Waals surface area contributed by atoms with Gasteiger partial charge in [-0.25, -0.2) is 14.4 Å². The SMILES string of the molecule is CC(OCC(N)(COC(C)C(=O)O)COC(C)C(=O)O)C(=O)O. The van der Waals surface area contributed by atoms with E-state index < -0.39 is 41.8 Å². The molecule has 0 aliphatic carbocycles. The van der Waals surface area contributed by atoms with Gasteiger partial charge in [0.25, 0.3) is 0 Å². The number of aliphatic carboxylic acids is 3. The van der Waals surface area contributed by atoms with Crippen molar-refractivity contribution in [1.29, 1.82) is 0 Å². The van der Waals surface area contributed by atoms with Crippen molar-refractivity contribution in [3.63, 3.8) is 0 Å². The van der Waals surface area contributed by atoms with Crippen molar-refractivity contribution in [2.45, 2.75) is 44.6 Å². The first-order valence-corrected chi connectivity index (χ1v) is 6.80. The van der Waals surface area contributed by atoms with Crippen LogP contribution in [0.5, 0.6) is 0 Å². The van der Waals surface area contributed by atoms with Gasteiger partial charge in [-0.15, -0.1) is 0 Å². The monoisotopic (exact) mass is 337 g/mol. The third-order valence-corrected chi connectivity index (χ3v) is 2.91. The molecule has 0 spiro atoms. The van der Waals surface area contributed by atoms with Gasteiger partial charge in [0, 0.05) is 0 Å². The Bertz CT molecular complexity index is 366. The molecule has 0 amide bonds. The summed E-state index contributed by atoms with van der Waals surface area (Å²) in [6.07, 6.45) is -3.44. The highest BCUT2D eigenvalue weighted by atomic mass is 16.5. The van der Waals surface area contributed by atoms with E-state index in [4.69, 9.17) is 35.3 Å². The zero-order chi connectivity index (χ0) is 18.2. The summed E-state index contributed by atoms with van der Waals surface area (Å²) in [5.41, 5.74) is 4.58. The maximum atomic E-state index is 10.7. The number of hydrogen-bond donors (Lipinski definition) is 4. The molecule has 10 heteroatoms. The lowest BCUT2D eigenvalue weighted by Gasteiger charge is -2.31. The van der Waals surface area contributed by atoms with Gasteiger partial charge in [0.05, 0.1) is 25.4 Å². The summed E-state index contributed by atoms with van der Waals surface area (Å²) in [5.74, 6) is -3.61. The van der Waals surface area contributed by atoms with Crippen LogP contribution in [0, 0.1) is 0 Å². The van der Waals surface area contributed by atoms with Gasteiger partial charge in [-0.1, -0.05) is 0 Å². The molecule has 134 valence electrons. The fourth-order valence-corrected chi connectivity index (χ4v) is 1.21. The number of nitrogens with two attached hydrogens (primary N) is 1. The molecule has 0 aliphatic rings. The molecule has 0 radical (unpaired) electrons. The number of ether oxygens (including phenoxy) is 3. The van der Waals surface area contributed by atoms with Gasteiger partial charge < -0.3 is 35.3 Å². The van der Waals surface area contributed by atoms with E-state index in [0.717, 1.165) is 0 Å². The maximum absolute atomic E-state index is 10.7. The second-order valence-electron chi connectivity index (χ2n) is 5.24. The van der Waals surface area contributed by atoms with Gasteiger partial charge in [0.2, 0.25) is 0 Å². The van der Waals surface area contributed by atoms with Gasteiger partial charge in [-0.3, -0.25) is 0 Å². The predicted molar refractivity (Wildman–Crippen MR) is 76.1 cm³/mol. The quantitative estimate of drug-likeness (QED) is 0.352. The van der Waals surface area contributed by atoms with E-state index in [0.29, 0.717) is 0 Å². The predicted octanol–water partition coefficient (Wildman–Crippen LogP) is -0.847. The fourth-order valence-electron chi connectivity index (χ4n) is 1.21. The molecule has 0 bridgehead atoms. The second-order valence-corrected chi connectivity index (χ2v) is 5.24. The Morgan fingerprint density at radius 2 is 1.00 bits per heavy atom. The molecule has 0 saturated carbocycles. The third kappa shape index (κ3) is 8.45. The normalized spacial score (nSPS) is 17.7. The summed E-state index contributed by atoms with van der Waals surface area (Å²) in [5, 5.41) is 26.3. The highest BCUT2D eigenvalue weighted by Crippen LogP contribution is 2.10. The Morgan fingerprint density at radius 1 is 0.783 bits per heavy atom. The van der Waals surface area contributed by atoms with E-state index in [1.54, 1.807) is 0 Å². The Labute approximate surface area is 133 Å². The first-order valence-electron chi connectivity index (χ1n) is 6.80. The van der Waals surface area contributed by atoms with E-state index in [1.807, 2.05) is 0 Å².